The summed E-state index contributed by atoms with van der Waals surface area (Å²) in [5, 5.41) is 11.5. The van der Waals surface area contributed by atoms with E-state index in [-0.39, 0.29) is 10.8 Å². The molecule has 2 saturated carbocycles. The molecule has 2 aliphatic rings. The Morgan fingerprint density at radius 2 is 1.61 bits per heavy atom. The highest BCUT2D eigenvalue weighted by Gasteiger charge is 2.57. The van der Waals surface area contributed by atoms with Crippen molar-refractivity contribution >= 4 is 0 Å². The zero-order valence-electron chi connectivity index (χ0n) is 12.5. The summed E-state index contributed by atoms with van der Waals surface area (Å²) in [7, 11) is 0. The van der Waals surface area contributed by atoms with E-state index in [4.69, 9.17) is 5.73 Å². The average molecular weight is 253 g/mol. The molecule has 2 nitrogen and oxygen atoms in total. The molecule has 0 aromatic heterocycles. The first-order valence-electron chi connectivity index (χ1n) is 7.78. The van der Waals surface area contributed by atoms with Gasteiger partial charge in [0.05, 0.1) is 5.60 Å². The molecule has 0 amide bonds. The molecular formula is C16H31NO. The quantitative estimate of drug-likeness (QED) is 0.791. The summed E-state index contributed by atoms with van der Waals surface area (Å²) < 4.78 is 0. The van der Waals surface area contributed by atoms with Gasteiger partial charge in [0, 0.05) is 12.0 Å². The van der Waals surface area contributed by atoms with Crippen molar-refractivity contribution in [2.24, 2.45) is 22.5 Å². The van der Waals surface area contributed by atoms with Crippen molar-refractivity contribution in [3.05, 3.63) is 0 Å². The van der Waals surface area contributed by atoms with Crippen LogP contribution in [0.3, 0.4) is 0 Å². The van der Waals surface area contributed by atoms with Crippen LogP contribution in [0.1, 0.15) is 72.1 Å². The molecule has 0 radical (unpaired) electrons. The van der Waals surface area contributed by atoms with Gasteiger partial charge in [-0.05, 0) is 37.0 Å². The van der Waals surface area contributed by atoms with Crippen molar-refractivity contribution in [3.63, 3.8) is 0 Å². The van der Waals surface area contributed by atoms with Gasteiger partial charge in [-0.15, -0.1) is 0 Å². The van der Waals surface area contributed by atoms with Gasteiger partial charge in [0.15, 0.2) is 0 Å². The summed E-state index contributed by atoms with van der Waals surface area (Å²) in [6.45, 7) is 7.52. The lowest BCUT2D eigenvalue weighted by Crippen LogP contribution is -2.60. The van der Waals surface area contributed by atoms with Crippen LogP contribution >= 0.6 is 0 Å². The largest absolute Gasteiger partial charge is 0.389 e. The molecule has 0 saturated heterocycles. The van der Waals surface area contributed by atoms with E-state index in [1.807, 2.05) is 0 Å². The molecule has 2 heteroatoms. The van der Waals surface area contributed by atoms with Crippen LogP contribution in [0.5, 0.6) is 0 Å². The molecule has 3 N–H and O–H groups in total. The zero-order valence-corrected chi connectivity index (χ0v) is 12.5. The Balaban J connectivity index is 2.35. The Labute approximate surface area is 112 Å². The molecule has 0 aliphatic heterocycles. The van der Waals surface area contributed by atoms with E-state index in [0.717, 1.165) is 19.3 Å². The lowest BCUT2D eigenvalue weighted by atomic mass is 9.53. The highest BCUT2D eigenvalue weighted by Crippen LogP contribution is 2.57. The SMILES string of the molecule is CC(C)(C)C1CCCCC1(O)C1(CN)CCCC1. The van der Waals surface area contributed by atoms with E-state index in [1.54, 1.807) is 0 Å². The second kappa shape index (κ2) is 4.79. The molecule has 0 bridgehead atoms. The van der Waals surface area contributed by atoms with E-state index in [2.05, 4.69) is 20.8 Å². The summed E-state index contributed by atoms with van der Waals surface area (Å²) in [6.07, 6.45) is 9.33. The Morgan fingerprint density at radius 3 is 2.11 bits per heavy atom. The van der Waals surface area contributed by atoms with Crippen LogP contribution in [0.2, 0.25) is 0 Å². The summed E-state index contributed by atoms with van der Waals surface area (Å²) in [4.78, 5) is 0. The fourth-order valence-electron chi connectivity index (χ4n) is 4.81. The highest BCUT2D eigenvalue weighted by molar-refractivity contribution is 5.09. The van der Waals surface area contributed by atoms with Gasteiger partial charge < -0.3 is 10.8 Å². The maximum Gasteiger partial charge on any atom is 0.0748 e. The van der Waals surface area contributed by atoms with E-state index < -0.39 is 5.60 Å². The Morgan fingerprint density at radius 1 is 1.06 bits per heavy atom. The Hall–Kier alpha value is -0.0800. The number of aliphatic hydroxyl groups is 1. The zero-order chi connectivity index (χ0) is 13.4. The number of rotatable bonds is 2. The molecule has 0 heterocycles. The van der Waals surface area contributed by atoms with Gasteiger partial charge in [-0.1, -0.05) is 46.5 Å². The van der Waals surface area contributed by atoms with Crippen molar-refractivity contribution in [1.82, 2.24) is 0 Å². The summed E-state index contributed by atoms with van der Waals surface area (Å²) in [5.74, 6) is 0.403. The standard InChI is InChI=1S/C16H31NO/c1-14(2,3)13-8-4-5-11-16(13,18)15(12-17)9-6-7-10-15/h13,18H,4-12,17H2,1-3H3. The molecule has 2 fully saturated rings. The maximum atomic E-state index is 11.5. The highest BCUT2D eigenvalue weighted by atomic mass is 16.3. The van der Waals surface area contributed by atoms with Crippen molar-refractivity contribution in [1.29, 1.82) is 0 Å². The maximum absolute atomic E-state index is 11.5. The normalized spacial score (nSPS) is 36.8. The van der Waals surface area contributed by atoms with Gasteiger partial charge in [0.25, 0.3) is 0 Å². The minimum atomic E-state index is -0.519. The van der Waals surface area contributed by atoms with Gasteiger partial charge in [-0.2, -0.15) is 0 Å². The van der Waals surface area contributed by atoms with Gasteiger partial charge in [0.1, 0.15) is 0 Å². The first kappa shape index (κ1) is 14.3. The first-order valence-corrected chi connectivity index (χ1v) is 7.78. The van der Waals surface area contributed by atoms with Crippen LogP contribution in [0.25, 0.3) is 0 Å². The molecule has 2 unspecified atom stereocenters. The monoisotopic (exact) mass is 253 g/mol. The number of hydrogen-bond acceptors (Lipinski definition) is 2. The molecular weight excluding hydrogens is 222 g/mol. The van der Waals surface area contributed by atoms with Gasteiger partial charge in [0.2, 0.25) is 0 Å². The first-order chi connectivity index (χ1) is 8.36. The minimum Gasteiger partial charge on any atom is -0.389 e. The predicted octanol–water partition coefficient (Wildman–Crippen LogP) is 3.47. The molecule has 2 atom stereocenters. The van der Waals surface area contributed by atoms with E-state index in [0.29, 0.717) is 12.5 Å². The molecule has 0 aromatic carbocycles. The molecule has 0 spiro atoms. The Bertz CT molecular complexity index is 288. The van der Waals surface area contributed by atoms with Crippen LogP contribution in [-0.2, 0) is 0 Å². The third-order valence-corrected chi connectivity index (χ3v) is 5.79. The van der Waals surface area contributed by atoms with Crippen molar-refractivity contribution in [3.8, 4) is 0 Å². The lowest BCUT2D eigenvalue weighted by molar-refractivity contribution is -0.170. The number of hydrogen-bond donors (Lipinski definition) is 2. The van der Waals surface area contributed by atoms with Crippen molar-refractivity contribution in [2.75, 3.05) is 6.54 Å². The second-order valence-electron chi connectivity index (χ2n) is 7.78. The van der Waals surface area contributed by atoms with Crippen molar-refractivity contribution < 1.29 is 5.11 Å². The topological polar surface area (TPSA) is 46.2 Å². The number of nitrogens with two attached hydrogens (primary N) is 1. The van der Waals surface area contributed by atoms with Crippen LogP contribution < -0.4 is 5.73 Å². The summed E-state index contributed by atoms with van der Waals surface area (Å²) >= 11 is 0. The third kappa shape index (κ3) is 2.12. The fraction of sp³-hybridized carbons (Fsp3) is 1.00. The third-order valence-electron chi connectivity index (χ3n) is 5.79. The van der Waals surface area contributed by atoms with Crippen LogP contribution in [0.15, 0.2) is 0 Å². The van der Waals surface area contributed by atoms with Gasteiger partial charge in [-0.25, -0.2) is 0 Å². The molecule has 0 aromatic rings. The van der Waals surface area contributed by atoms with E-state index >= 15 is 0 Å². The second-order valence-corrected chi connectivity index (χ2v) is 7.78. The van der Waals surface area contributed by atoms with E-state index in [1.165, 1.54) is 32.1 Å². The van der Waals surface area contributed by atoms with Crippen LogP contribution in [0, 0.1) is 16.7 Å². The van der Waals surface area contributed by atoms with E-state index in [9.17, 15) is 5.11 Å². The molecule has 2 aliphatic carbocycles. The van der Waals surface area contributed by atoms with Gasteiger partial charge in [-0.3, -0.25) is 0 Å². The van der Waals surface area contributed by atoms with Crippen molar-refractivity contribution in [2.45, 2.75) is 77.7 Å². The summed E-state index contributed by atoms with van der Waals surface area (Å²) in [6, 6.07) is 0. The Kier molecular flexibility index (Phi) is 3.81. The van der Waals surface area contributed by atoms with Crippen LogP contribution in [-0.4, -0.2) is 17.3 Å². The molecule has 106 valence electrons. The lowest BCUT2D eigenvalue weighted by Gasteiger charge is -2.55. The van der Waals surface area contributed by atoms with Gasteiger partial charge >= 0.3 is 0 Å². The fourth-order valence-corrected chi connectivity index (χ4v) is 4.81. The smallest absolute Gasteiger partial charge is 0.0748 e. The predicted molar refractivity (Wildman–Crippen MR) is 76.3 cm³/mol. The average Bonchev–Trinajstić information content (AvgIpc) is 2.78. The van der Waals surface area contributed by atoms with Crippen LogP contribution in [0.4, 0.5) is 0 Å². The summed E-state index contributed by atoms with van der Waals surface area (Å²) in [5.41, 5.74) is 5.80. The molecule has 2 rings (SSSR count). The minimum absolute atomic E-state index is 0.00532. The molecule has 18 heavy (non-hydrogen) atoms.